The minimum Gasteiger partial charge on any atom is -0.475 e. The van der Waals surface area contributed by atoms with E-state index < -0.39 is 17.6 Å². The monoisotopic (exact) mass is 253 g/mol. The third kappa shape index (κ3) is 2.48. The van der Waals surface area contributed by atoms with Crippen LogP contribution in [0.15, 0.2) is 18.2 Å². The lowest BCUT2D eigenvalue weighted by Crippen LogP contribution is -2.36. The molecule has 1 fully saturated rings. The molecule has 1 aromatic carbocycles. The van der Waals surface area contributed by atoms with E-state index in [1.165, 1.54) is 12.1 Å². The zero-order valence-electron chi connectivity index (χ0n) is 9.56. The summed E-state index contributed by atoms with van der Waals surface area (Å²) in [7, 11) is 0. The van der Waals surface area contributed by atoms with Crippen molar-refractivity contribution in [2.24, 2.45) is 0 Å². The highest BCUT2D eigenvalue weighted by Gasteiger charge is 2.19. The normalized spacial score (nSPS) is 15.5. The standard InChI is InChI=1S/C12H12FNO4/c13-9-7-8(11(15)12(16)17)1-2-10(9)14-3-5-18-6-4-14/h1-2,7H,3-6H2,(H,16,17). The van der Waals surface area contributed by atoms with Crippen molar-refractivity contribution in [2.75, 3.05) is 31.2 Å². The van der Waals surface area contributed by atoms with Crippen molar-refractivity contribution >= 4 is 17.4 Å². The smallest absolute Gasteiger partial charge is 0.377 e. The summed E-state index contributed by atoms with van der Waals surface area (Å²) in [6, 6.07) is 3.71. The van der Waals surface area contributed by atoms with Crippen LogP contribution in [-0.4, -0.2) is 43.2 Å². The Bertz CT molecular complexity index is 483. The summed E-state index contributed by atoms with van der Waals surface area (Å²) >= 11 is 0. The van der Waals surface area contributed by atoms with Gasteiger partial charge in [-0.05, 0) is 18.2 Å². The summed E-state index contributed by atoms with van der Waals surface area (Å²) in [6.07, 6.45) is 0. The van der Waals surface area contributed by atoms with Crippen LogP contribution in [0.3, 0.4) is 0 Å². The number of carbonyl (C=O) groups is 2. The van der Waals surface area contributed by atoms with E-state index in [1.807, 2.05) is 0 Å². The molecule has 1 N–H and O–H groups in total. The maximum Gasteiger partial charge on any atom is 0.377 e. The van der Waals surface area contributed by atoms with Crippen molar-refractivity contribution in [3.05, 3.63) is 29.6 Å². The number of aliphatic carboxylic acids is 1. The van der Waals surface area contributed by atoms with E-state index in [-0.39, 0.29) is 5.56 Å². The highest BCUT2D eigenvalue weighted by atomic mass is 19.1. The molecule has 0 bridgehead atoms. The maximum atomic E-state index is 13.8. The van der Waals surface area contributed by atoms with E-state index >= 15 is 0 Å². The molecular formula is C12H12FNO4. The first-order valence-electron chi connectivity index (χ1n) is 5.49. The Balaban J connectivity index is 2.24. The van der Waals surface area contributed by atoms with E-state index in [1.54, 1.807) is 4.90 Å². The molecule has 1 aliphatic heterocycles. The highest BCUT2D eigenvalue weighted by molar-refractivity contribution is 6.39. The Morgan fingerprint density at radius 1 is 1.28 bits per heavy atom. The first-order valence-corrected chi connectivity index (χ1v) is 5.49. The number of carboxylic acid groups (broad SMARTS) is 1. The number of morpholine rings is 1. The number of carboxylic acids is 1. The molecule has 5 nitrogen and oxygen atoms in total. The Morgan fingerprint density at radius 3 is 2.50 bits per heavy atom. The van der Waals surface area contributed by atoms with Gasteiger partial charge in [-0.1, -0.05) is 0 Å². The topological polar surface area (TPSA) is 66.8 Å². The van der Waals surface area contributed by atoms with Crippen LogP contribution in [0.5, 0.6) is 0 Å². The van der Waals surface area contributed by atoms with Crippen LogP contribution in [-0.2, 0) is 9.53 Å². The molecule has 1 aromatic rings. The van der Waals surface area contributed by atoms with Gasteiger partial charge in [-0.25, -0.2) is 9.18 Å². The van der Waals surface area contributed by atoms with Gasteiger partial charge in [0.05, 0.1) is 18.9 Å². The molecule has 0 spiro atoms. The number of Topliss-reactive ketones (excluding diaryl/α,β-unsaturated/α-hetero) is 1. The molecule has 1 heterocycles. The Kier molecular flexibility index (Phi) is 3.57. The quantitative estimate of drug-likeness (QED) is 0.641. The molecule has 0 unspecified atom stereocenters. The fourth-order valence-corrected chi connectivity index (χ4v) is 1.83. The van der Waals surface area contributed by atoms with Crippen molar-refractivity contribution in [3.63, 3.8) is 0 Å². The van der Waals surface area contributed by atoms with Gasteiger partial charge < -0.3 is 14.7 Å². The number of hydrogen-bond acceptors (Lipinski definition) is 4. The van der Waals surface area contributed by atoms with E-state index in [2.05, 4.69) is 0 Å². The van der Waals surface area contributed by atoms with E-state index in [0.717, 1.165) is 6.07 Å². The second-order valence-corrected chi connectivity index (χ2v) is 3.90. The van der Waals surface area contributed by atoms with Crippen LogP contribution in [0.4, 0.5) is 10.1 Å². The minimum atomic E-state index is -1.59. The average Bonchev–Trinajstić information content (AvgIpc) is 2.38. The Morgan fingerprint density at radius 2 is 1.94 bits per heavy atom. The molecule has 0 atom stereocenters. The number of ether oxygens (including phenoxy) is 1. The number of nitrogens with zero attached hydrogens (tertiary/aromatic N) is 1. The van der Waals surface area contributed by atoms with Crippen molar-refractivity contribution in [1.82, 2.24) is 0 Å². The van der Waals surface area contributed by atoms with Crippen LogP contribution >= 0.6 is 0 Å². The molecule has 2 rings (SSSR count). The predicted octanol–water partition coefficient (Wildman–Crippen LogP) is 0.930. The first-order chi connectivity index (χ1) is 8.59. The maximum absolute atomic E-state index is 13.8. The predicted molar refractivity (Wildman–Crippen MR) is 61.4 cm³/mol. The number of ketones is 1. The van der Waals surface area contributed by atoms with Crippen molar-refractivity contribution in [2.45, 2.75) is 0 Å². The minimum absolute atomic E-state index is 0.156. The summed E-state index contributed by atoms with van der Waals surface area (Å²) in [4.78, 5) is 23.5. The fourth-order valence-electron chi connectivity index (χ4n) is 1.83. The van der Waals surface area contributed by atoms with Gasteiger partial charge in [-0.2, -0.15) is 0 Å². The number of halogens is 1. The van der Waals surface area contributed by atoms with Gasteiger partial charge in [-0.3, -0.25) is 4.79 Å². The lowest BCUT2D eigenvalue weighted by molar-refractivity contribution is -0.131. The Hall–Kier alpha value is -1.95. The van der Waals surface area contributed by atoms with Crippen LogP contribution in [0.2, 0.25) is 0 Å². The summed E-state index contributed by atoms with van der Waals surface area (Å²) in [5.41, 5.74) is 0.206. The number of carbonyl (C=O) groups excluding carboxylic acids is 1. The zero-order chi connectivity index (χ0) is 13.1. The third-order valence-electron chi connectivity index (χ3n) is 2.76. The summed E-state index contributed by atoms with van der Waals surface area (Å²) in [5, 5.41) is 8.55. The fraction of sp³-hybridized carbons (Fsp3) is 0.333. The highest BCUT2D eigenvalue weighted by Crippen LogP contribution is 2.21. The summed E-state index contributed by atoms with van der Waals surface area (Å²) in [5.74, 6) is -3.29. The number of rotatable bonds is 3. The van der Waals surface area contributed by atoms with Gasteiger partial charge in [0.25, 0.3) is 5.78 Å². The van der Waals surface area contributed by atoms with Crippen molar-refractivity contribution in [1.29, 1.82) is 0 Å². The molecule has 0 saturated carbocycles. The SMILES string of the molecule is O=C(O)C(=O)c1ccc(N2CCOCC2)c(F)c1. The van der Waals surface area contributed by atoms with Gasteiger partial charge >= 0.3 is 5.97 Å². The van der Waals surface area contributed by atoms with E-state index in [0.29, 0.717) is 32.0 Å². The molecular weight excluding hydrogens is 241 g/mol. The van der Waals surface area contributed by atoms with Crippen LogP contribution in [0.1, 0.15) is 10.4 Å². The van der Waals surface area contributed by atoms with E-state index in [9.17, 15) is 14.0 Å². The van der Waals surface area contributed by atoms with E-state index in [4.69, 9.17) is 9.84 Å². The average molecular weight is 253 g/mol. The number of anilines is 1. The number of benzene rings is 1. The first kappa shape index (κ1) is 12.5. The lowest BCUT2D eigenvalue weighted by atomic mass is 10.1. The third-order valence-corrected chi connectivity index (χ3v) is 2.76. The molecule has 18 heavy (non-hydrogen) atoms. The van der Waals surface area contributed by atoms with Gasteiger partial charge in [0, 0.05) is 18.7 Å². The van der Waals surface area contributed by atoms with Crippen molar-refractivity contribution < 1.29 is 23.8 Å². The van der Waals surface area contributed by atoms with Gasteiger partial charge in [-0.15, -0.1) is 0 Å². The lowest BCUT2D eigenvalue weighted by Gasteiger charge is -2.29. The molecule has 1 saturated heterocycles. The van der Waals surface area contributed by atoms with Crippen LogP contribution in [0.25, 0.3) is 0 Å². The number of hydrogen-bond donors (Lipinski definition) is 1. The second kappa shape index (κ2) is 5.14. The largest absolute Gasteiger partial charge is 0.475 e. The molecule has 1 aliphatic rings. The van der Waals surface area contributed by atoms with Gasteiger partial charge in [0.1, 0.15) is 5.82 Å². The molecule has 0 radical (unpaired) electrons. The molecule has 6 heteroatoms. The zero-order valence-corrected chi connectivity index (χ0v) is 9.56. The van der Waals surface area contributed by atoms with Crippen molar-refractivity contribution in [3.8, 4) is 0 Å². The molecule has 0 aliphatic carbocycles. The Labute approximate surface area is 103 Å². The van der Waals surface area contributed by atoms with Crippen LogP contribution in [0, 0.1) is 5.82 Å². The second-order valence-electron chi connectivity index (χ2n) is 3.90. The summed E-state index contributed by atoms with van der Waals surface area (Å²) in [6.45, 7) is 2.19. The van der Waals surface area contributed by atoms with Crippen LogP contribution < -0.4 is 4.90 Å². The van der Waals surface area contributed by atoms with Gasteiger partial charge in [0.15, 0.2) is 0 Å². The molecule has 0 amide bonds. The molecule has 96 valence electrons. The molecule has 0 aromatic heterocycles. The van der Waals surface area contributed by atoms with Gasteiger partial charge in [0.2, 0.25) is 0 Å². The summed E-state index contributed by atoms with van der Waals surface area (Å²) < 4.78 is 19.0.